The first kappa shape index (κ1) is 15.0. The molecule has 2 unspecified atom stereocenters. The van der Waals surface area contributed by atoms with Crippen LogP contribution >= 0.6 is 0 Å². The summed E-state index contributed by atoms with van der Waals surface area (Å²) in [7, 11) is 0. The Hall–Kier alpha value is -0.0800. The van der Waals surface area contributed by atoms with Crippen molar-refractivity contribution >= 4 is 0 Å². The monoisotopic (exact) mass is 241 g/mol. The lowest BCUT2D eigenvalue weighted by Crippen LogP contribution is -2.26. The molecule has 1 aliphatic rings. The van der Waals surface area contributed by atoms with E-state index in [-0.39, 0.29) is 0 Å². The predicted octanol–water partition coefficient (Wildman–Crippen LogP) is 3.61. The molecule has 2 nitrogen and oxygen atoms in total. The molecule has 102 valence electrons. The van der Waals surface area contributed by atoms with E-state index in [1.54, 1.807) is 0 Å². The maximum atomic E-state index is 5.86. The minimum atomic E-state index is 0.652. The van der Waals surface area contributed by atoms with Gasteiger partial charge in [0, 0.05) is 19.2 Å². The summed E-state index contributed by atoms with van der Waals surface area (Å²) in [6.45, 7) is 9.83. The molecule has 0 amide bonds. The zero-order valence-electron chi connectivity index (χ0n) is 12.0. The van der Waals surface area contributed by atoms with Gasteiger partial charge in [-0.3, -0.25) is 0 Å². The van der Waals surface area contributed by atoms with E-state index >= 15 is 0 Å². The Balaban J connectivity index is 1.95. The van der Waals surface area contributed by atoms with Gasteiger partial charge in [0.25, 0.3) is 0 Å². The molecule has 1 rings (SSSR count). The molecule has 0 spiro atoms. The third-order valence-electron chi connectivity index (χ3n) is 3.63. The van der Waals surface area contributed by atoms with Crippen molar-refractivity contribution in [2.75, 3.05) is 19.8 Å². The molecule has 0 saturated heterocycles. The third kappa shape index (κ3) is 7.77. The van der Waals surface area contributed by atoms with Gasteiger partial charge in [-0.2, -0.15) is 0 Å². The maximum absolute atomic E-state index is 5.86. The van der Waals surface area contributed by atoms with Crippen LogP contribution in [-0.2, 0) is 4.74 Å². The third-order valence-corrected chi connectivity index (χ3v) is 3.63. The topological polar surface area (TPSA) is 21.3 Å². The number of unbranched alkanes of at least 4 members (excludes halogenated alkanes) is 1. The van der Waals surface area contributed by atoms with Gasteiger partial charge >= 0.3 is 0 Å². The highest BCUT2D eigenvalue weighted by Crippen LogP contribution is 2.19. The van der Waals surface area contributed by atoms with Crippen molar-refractivity contribution in [1.29, 1.82) is 0 Å². The molecule has 0 aromatic carbocycles. The summed E-state index contributed by atoms with van der Waals surface area (Å²) in [6.07, 6.45) is 8.00. The molecular weight excluding hydrogens is 210 g/mol. The van der Waals surface area contributed by atoms with Crippen molar-refractivity contribution in [2.24, 2.45) is 11.8 Å². The Morgan fingerprint density at radius 3 is 2.59 bits per heavy atom. The van der Waals surface area contributed by atoms with Crippen LogP contribution in [0.4, 0.5) is 0 Å². The van der Waals surface area contributed by atoms with E-state index in [2.05, 4.69) is 26.1 Å². The fraction of sp³-hybridized carbons (Fsp3) is 1.00. The molecule has 2 atom stereocenters. The molecule has 0 aliphatic heterocycles. The van der Waals surface area contributed by atoms with Gasteiger partial charge in [-0.15, -0.1) is 0 Å². The standard InChI is InChI=1S/C15H31NO/c1-4-6-7-14(5-2)12-17-11-13(3)10-16-15-8-9-15/h13-16H,4-12H2,1-3H3. The number of rotatable bonds is 11. The average molecular weight is 241 g/mol. The zero-order chi connectivity index (χ0) is 12.5. The molecule has 1 saturated carbocycles. The van der Waals surface area contributed by atoms with Crippen molar-refractivity contribution in [2.45, 2.75) is 65.3 Å². The van der Waals surface area contributed by atoms with E-state index in [0.717, 1.165) is 31.7 Å². The quantitative estimate of drug-likeness (QED) is 0.596. The molecule has 0 aromatic rings. The van der Waals surface area contributed by atoms with Gasteiger partial charge in [0.15, 0.2) is 0 Å². The summed E-state index contributed by atoms with van der Waals surface area (Å²) < 4.78 is 5.86. The lowest BCUT2D eigenvalue weighted by Gasteiger charge is -2.17. The second-order valence-corrected chi connectivity index (χ2v) is 5.74. The number of ether oxygens (including phenoxy) is 1. The van der Waals surface area contributed by atoms with Crippen LogP contribution in [0.3, 0.4) is 0 Å². The van der Waals surface area contributed by atoms with E-state index in [1.807, 2.05) is 0 Å². The Bertz CT molecular complexity index is 180. The largest absolute Gasteiger partial charge is 0.381 e. The van der Waals surface area contributed by atoms with Gasteiger partial charge in [-0.1, -0.05) is 40.0 Å². The summed E-state index contributed by atoms with van der Waals surface area (Å²) in [5.41, 5.74) is 0. The molecule has 0 bridgehead atoms. The van der Waals surface area contributed by atoms with Crippen LogP contribution in [0.5, 0.6) is 0 Å². The molecule has 1 fully saturated rings. The molecule has 0 aromatic heterocycles. The first-order chi connectivity index (χ1) is 8.26. The lowest BCUT2D eigenvalue weighted by molar-refractivity contribution is 0.0709. The van der Waals surface area contributed by atoms with Gasteiger partial charge in [0.05, 0.1) is 6.61 Å². The van der Waals surface area contributed by atoms with Crippen molar-refractivity contribution in [3.63, 3.8) is 0 Å². The molecule has 1 N–H and O–H groups in total. The molecular formula is C15H31NO. The van der Waals surface area contributed by atoms with E-state index < -0.39 is 0 Å². The normalized spacial score (nSPS) is 19.2. The highest BCUT2D eigenvalue weighted by Gasteiger charge is 2.20. The smallest absolute Gasteiger partial charge is 0.0503 e. The maximum Gasteiger partial charge on any atom is 0.0503 e. The Morgan fingerprint density at radius 2 is 2.00 bits per heavy atom. The average Bonchev–Trinajstić information content (AvgIpc) is 3.15. The minimum absolute atomic E-state index is 0.652. The van der Waals surface area contributed by atoms with E-state index in [0.29, 0.717) is 5.92 Å². The van der Waals surface area contributed by atoms with Gasteiger partial charge in [0.1, 0.15) is 0 Å². The SMILES string of the molecule is CCCCC(CC)COCC(C)CNC1CC1. The van der Waals surface area contributed by atoms with E-state index in [1.165, 1.54) is 38.5 Å². The molecule has 2 heteroatoms. The number of hydrogen-bond acceptors (Lipinski definition) is 2. The van der Waals surface area contributed by atoms with Gasteiger partial charge < -0.3 is 10.1 Å². The second kappa shape index (κ2) is 8.93. The van der Waals surface area contributed by atoms with Crippen LogP contribution in [0.15, 0.2) is 0 Å². The van der Waals surface area contributed by atoms with Crippen LogP contribution in [0.1, 0.15) is 59.3 Å². The summed E-state index contributed by atoms with van der Waals surface area (Å²) in [5, 5.41) is 3.56. The zero-order valence-corrected chi connectivity index (χ0v) is 12.0. The van der Waals surface area contributed by atoms with Crippen LogP contribution in [0.25, 0.3) is 0 Å². The fourth-order valence-corrected chi connectivity index (χ4v) is 2.05. The summed E-state index contributed by atoms with van der Waals surface area (Å²) in [4.78, 5) is 0. The van der Waals surface area contributed by atoms with Gasteiger partial charge in [-0.05, 0) is 31.1 Å². The molecule has 17 heavy (non-hydrogen) atoms. The van der Waals surface area contributed by atoms with Gasteiger partial charge in [-0.25, -0.2) is 0 Å². The van der Waals surface area contributed by atoms with Crippen molar-refractivity contribution in [1.82, 2.24) is 5.32 Å². The van der Waals surface area contributed by atoms with E-state index in [9.17, 15) is 0 Å². The van der Waals surface area contributed by atoms with Crippen molar-refractivity contribution in [3.05, 3.63) is 0 Å². The highest BCUT2D eigenvalue weighted by molar-refractivity contribution is 4.81. The van der Waals surface area contributed by atoms with E-state index in [4.69, 9.17) is 4.74 Å². The van der Waals surface area contributed by atoms with Crippen molar-refractivity contribution in [3.8, 4) is 0 Å². The van der Waals surface area contributed by atoms with Crippen LogP contribution < -0.4 is 5.32 Å². The number of hydrogen-bond donors (Lipinski definition) is 1. The fourth-order valence-electron chi connectivity index (χ4n) is 2.05. The molecule has 0 radical (unpaired) electrons. The summed E-state index contributed by atoms with van der Waals surface area (Å²) >= 11 is 0. The minimum Gasteiger partial charge on any atom is -0.381 e. The van der Waals surface area contributed by atoms with Crippen LogP contribution in [0.2, 0.25) is 0 Å². The van der Waals surface area contributed by atoms with Crippen molar-refractivity contribution < 1.29 is 4.74 Å². The lowest BCUT2D eigenvalue weighted by atomic mass is 10.0. The number of nitrogens with one attached hydrogen (secondary N) is 1. The van der Waals surface area contributed by atoms with Gasteiger partial charge in [0.2, 0.25) is 0 Å². The highest BCUT2D eigenvalue weighted by atomic mass is 16.5. The predicted molar refractivity (Wildman–Crippen MR) is 74.3 cm³/mol. The van der Waals surface area contributed by atoms with Crippen LogP contribution in [-0.4, -0.2) is 25.8 Å². The summed E-state index contributed by atoms with van der Waals surface area (Å²) in [6, 6.07) is 0.824. The Labute approximate surface area is 108 Å². The molecule has 1 aliphatic carbocycles. The Morgan fingerprint density at radius 1 is 1.24 bits per heavy atom. The second-order valence-electron chi connectivity index (χ2n) is 5.74. The first-order valence-corrected chi connectivity index (χ1v) is 7.57. The van der Waals surface area contributed by atoms with Crippen LogP contribution in [0, 0.1) is 11.8 Å². The Kier molecular flexibility index (Phi) is 7.87. The summed E-state index contributed by atoms with van der Waals surface area (Å²) in [5.74, 6) is 1.43. The molecule has 0 heterocycles. The first-order valence-electron chi connectivity index (χ1n) is 7.57.